The lowest BCUT2D eigenvalue weighted by Crippen LogP contribution is -1.81. The Kier molecular flexibility index (Phi) is 2.53. The highest BCUT2D eigenvalue weighted by molar-refractivity contribution is 6.08. The molecule has 20 heavy (non-hydrogen) atoms. The molecular weight excluding hydrogens is 240 g/mol. The number of hydrogen-bond donors (Lipinski definition) is 0. The average molecular weight is 253 g/mol. The van der Waals surface area contributed by atoms with Crippen molar-refractivity contribution in [2.75, 3.05) is 0 Å². The molecule has 0 aliphatic heterocycles. The molecule has 0 N–H and O–H groups in total. The number of rotatable bonds is 1. The molecule has 0 amide bonds. The molecule has 0 fully saturated rings. The quantitative estimate of drug-likeness (QED) is 0.395. The third-order valence-corrected chi connectivity index (χ3v) is 3.76. The van der Waals surface area contributed by atoms with Crippen LogP contribution >= 0.6 is 0 Å². The van der Waals surface area contributed by atoms with Crippen molar-refractivity contribution in [3.05, 3.63) is 84.9 Å². The fourth-order valence-electron chi connectivity index (χ4n) is 2.74. The second-order valence-electron chi connectivity index (χ2n) is 5.00. The Morgan fingerprint density at radius 1 is 0.600 bits per heavy atom. The number of benzene rings is 4. The van der Waals surface area contributed by atoms with E-state index in [-0.39, 0.29) is 0 Å². The van der Waals surface area contributed by atoms with E-state index in [1.54, 1.807) is 0 Å². The summed E-state index contributed by atoms with van der Waals surface area (Å²) in [5, 5.41) is 4.97. The smallest absolute Gasteiger partial charge is 0.00266 e. The Balaban J connectivity index is 1.99. The zero-order valence-corrected chi connectivity index (χ0v) is 11.0. The van der Waals surface area contributed by atoms with E-state index in [2.05, 4.69) is 66.7 Å². The maximum atomic E-state index is 3.35. The molecule has 0 unspecified atom stereocenters. The largest absolute Gasteiger partial charge is 0.0622 e. The lowest BCUT2D eigenvalue weighted by molar-refractivity contribution is 1.65. The summed E-state index contributed by atoms with van der Waals surface area (Å²) in [5.74, 6) is 0. The molecule has 0 nitrogen and oxygen atoms in total. The van der Waals surface area contributed by atoms with Gasteiger partial charge >= 0.3 is 0 Å². The van der Waals surface area contributed by atoms with Crippen LogP contribution in [0.4, 0.5) is 0 Å². The molecule has 0 aliphatic rings. The van der Waals surface area contributed by atoms with Crippen LogP contribution < -0.4 is 0 Å². The highest BCUT2D eigenvalue weighted by Gasteiger charge is 2.02. The normalized spacial score (nSPS) is 11.0. The SMILES string of the molecule is [c]1cccc2ccc3cc(-c4ccccc4)ccc3c12. The van der Waals surface area contributed by atoms with Crippen molar-refractivity contribution in [3.8, 4) is 11.1 Å². The molecule has 0 heteroatoms. The highest BCUT2D eigenvalue weighted by Crippen LogP contribution is 2.29. The van der Waals surface area contributed by atoms with E-state index >= 15 is 0 Å². The first kappa shape index (κ1) is 11.2. The van der Waals surface area contributed by atoms with Crippen LogP contribution in [0.1, 0.15) is 0 Å². The molecule has 0 atom stereocenters. The Bertz CT molecular complexity index is 889. The molecule has 0 saturated carbocycles. The van der Waals surface area contributed by atoms with Crippen LogP contribution in [0.3, 0.4) is 0 Å². The molecule has 4 aromatic rings. The fourth-order valence-corrected chi connectivity index (χ4v) is 2.74. The summed E-state index contributed by atoms with van der Waals surface area (Å²) in [6.45, 7) is 0. The van der Waals surface area contributed by atoms with Gasteiger partial charge in [-0.15, -0.1) is 0 Å². The van der Waals surface area contributed by atoms with Gasteiger partial charge in [-0.2, -0.15) is 0 Å². The van der Waals surface area contributed by atoms with Gasteiger partial charge in [0, 0.05) is 0 Å². The van der Waals surface area contributed by atoms with E-state index in [1.807, 2.05) is 18.2 Å². The Hall–Kier alpha value is -2.60. The second-order valence-corrected chi connectivity index (χ2v) is 5.00. The summed E-state index contributed by atoms with van der Waals surface area (Å²) in [4.78, 5) is 0. The van der Waals surface area contributed by atoms with Crippen LogP contribution in [0.15, 0.2) is 78.9 Å². The van der Waals surface area contributed by atoms with E-state index in [9.17, 15) is 0 Å². The number of hydrogen-bond acceptors (Lipinski definition) is 0. The molecule has 0 heterocycles. The van der Waals surface area contributed by atoms with Crippen molar-refractivity contribution in [2.24, 2.45) is 0 Å². The fraction of sp³-hybridized carbons (Fsp3) is 0. The first-order valence-corrected chi connectivity index (χ1v) is 6.80. The summed E-state index contributed by atoms with van der Waals surface area (Å²) in [5.41, 5.74) is 2.51. The molecular formula is C20H13. The highest BCUT2D eigenvalue weighted by atomic mass is 14.1. The van der Waals surface area contributed by atoms with Crippen LogP contribution in [-0.4, -0.2) is 0 Å². The summed E-state index contributed by atoms with van der Waals surface area (Å²) < 4.78 is 0. The van der Waals surface area contributed by atoms with Gasteiger partial charge in [-0.1, -0.05) is 72.8 Å². The molecule has 0 bridgehead atoms. The van der Waals surface area contributed by atoms with Crippen LogP contribution in [0.25, 0.3) is 32.7 Å². The molecule has 0 aliphatic carbocycles. The van der Waals surface area contributed by atoms with Crippen molar-refractivity contribution in [2.45, 2.75) is 0 Å². The first-order chi connectivity index (χ1) is 9.92. The second kappa shape index (κ2) is 4.50. The summed E-state index contributed by atoms with van der Waals surface area (Å²) in [6.07, 6.45) is 0. The third-order valence-electron chi connectivity index (χ3n) is 3.76. The molecule has 0 aromatic heterocycles. The van der Waals surface area contributed by atoms with Gasteiger partial charge in [0.15, 0.2) is 0 Å². The molecule has 0 spiro atoms. The zero-order valence-electron chi connectivity index (χ0n) is 11.0. The minimum absolute atomic E-state index is 1.20. The topological polar surface area (TPSA) is 0 Å². The van der Waals surface area contributed by atoms with E-state index in [4.69, 9.17) is 0 Å². The molecule has 0 saturated heterocycles. The minimum Gasteiger partial charge on any atom is -0.0622 e. The van der Waals surface area contributed by atoms with Gasteiger partial charge in [0.25, 0.3) is 0 Å². The Morgan fingerprint density at radius 3 is 2.35 bits per heavy atom. The van der Waals surface area contributed by atoms with Crippen molar-refractivity contribution >= 4 is 21.5 Å². The average Bonchev–Trinajstić information content (AvgIpc) is 2.55. The lowest BCUT2D eigenvalue weighted by Gasteiger charge is -2.06. The predicted octanol–water partition coefficient (Wildman–Crippen LogP) is 5.46. The minimum atomic E-state index is 1.20. The van der Waals surface area contributed by atoms with Crippen LogP contribution in [-0.2, 0) is 0 Å². The van der Waals surface area contributed by atoms with E-state index in [0.717, 1.165) is 0 Å². The monoisotopic (exact) mass is 253 g/mol. The molecule has 93 valence electrons. The van der Waals surface area contributed by atoms with Crippen molar-refractivity contribution < 1.29 is 0 Å². The zero-order chi connectivity index (χ0) is 13.4. The van der Waals surface area contributed by atoms with Crippen molar-refractivity contribution in [1.82, 2.24) is 0 Å². The molecule has 4 aromatic carbocycles. The van der Waals surface area contributed by atoms with Gasteiger partial charge in [-0.3, -0.25) is 0 Å². The van der Waals surface area contributed by atoms with Crippen LogP contribution in [0.2, 0.25) is 0 Å². The van der Waals surface area contributed by atoms with E-state index in [0.29, 0.717) is 0 Å². The summed E-state index contributed by atoms with van der Waals surface area (Å²) in [7, 11) is 0. The Morgan fingerprint density at radius 2 is 1.45 bits per heavy atom. The maximum absolute atomic E-state index is 3.35. The Labute approximate surface area is 118 Å². The lowest BCUT2D eigenvalue weighted by atomic mass is 9.97. The molecule has 4 rings (SSSR count). The van der Waals surface area contributed by atoms with Gasteiger partial charge in [0.05, 0.1) is 0 Å². The van der Waals surface area contributed by atoms with Gasteiger partial charge < -0.3 is 0 Å². The van der Waals surface area contributed by atoms with Crippen LogP contribution in [0.5, 0.6) is 0 Å². The maximum Gasteiger partial charge on any atom is -0.00266 e. The van der Waals surface area contributed by atoms with Gasteiger partial charge in [0.2, 0.25) is 0 Å². The standard InChI is InChI=1S/C20H13/c1-2-6-15(7-3-1)17-12-13-20-18(14-17)11-10-16-8-4-5-9-19(16)20/h1-8,10-14H. The number of fused-ring (bicyclic) bond motifs is 3. The molecule has 1 radical (unpaired) electrons. The van der Waals surface area contributed by atoms with Crippen molar-refractivity contribution in [1.29, 1.82) is 0 Å². The predicted molar refractivity (Wildman–Crippen MR) is 85.7 cm³/mol. The van der Waals surface area contributed by atoms with Gasteiger partial charge in [0.1, 0.15) is 0 Å². The van der Waals surface area contributed by atoms with E-state index < -0.39 is 0 Å². The van der Waals surface area contributed by atoms with E-state index in [1.165, 1.54) is 32.7 Å². The summed E-state index contributed by atoms with van der Waals surface area (Å²) in [6, 6.07) is 31.0. The third kappa shape index (κ3) is 1.78. The van der Waals surface area contributed by atoms with Gasteiger partial charge in [-0.05, 0) is 44.8 Å². The van der Waals surface area contributed by atoms with Crippen LogP contribution in [0, 0.1) is 6.07 Å². The first-order valence-electron chi connectivity index (χ1n) is 6.80. The van der Waals surface area contributed by atoms with Crippen molar-refractivity contribution in [3.63, 3.8) is 0 Å². The van der Waals surface area contributed by atoms with Gasteiger partial charge in [-0.25, -0.2) is 0 Å². The summed E-state index contributed by atoms with van der Waals surface area (Å²) >= 11 is 0.